The molecular formula is C18H26N2O5S. The highest BCUT2D eigenvalue weighted by Crippen LogP contribution is 2.32. The molecule has 8 heteroatoms. The van der Waals surface area contributed by atoms with Crippen molar-refractivity contribution < 1.29 is 22.7 Å². The second-order valence-corrected chi connectivity index (χ2v) is 10.2. The first-order valence-corrected chi connectivity index (χ1v) is 9.83. The normalized spacial score (nSPS) is 17.6. The quantitative estimate of drug-likeness (QED) is 0.868. The summed E-state index contributed by atoms with van der Waals surface area (Å²) in [5.74, 6) is -0.583. The van der Waals surface area contributed by atoms with Crippen molar-refractivity contribution >= 4 is 22.0 Å². The van der Waals surface area contributed by atoms with Gasteiger partial charge in [-0.1, -0.05) is 32.9 Å². The molecule has 0 bridgehead atoms. The number of rotatable bonds is 3. The molecule has 1 aliphatic rings. The van der Waals surface area contributed by atoms with Gasteiger partial charge in [0.05, 0.1) is 18.2 Å². The number of nitrogens with one attached hydrogen (secondary N) is 1. The van der Waals surface area contributed by atoms with Gasteiger partial charge in [0.25, 0.3) is 15.9 Å². The number of hydrogen-bond donors (Lipinski definition) is 1. The number of alkyl carbamates (subject to hydrolysis) is 1. The predicted octanol–water partition coefficient (Wildman–Crippen LogP) is 2.77. The van der Waals surface area contributed by atoms with Crippen molar-refractivity contribution in [3.8, 4) is 0 Å². The number of nitrogens with zero attached hydrogens (tertiary/aromatic N) is 1. The molecule has 1 aromatic carbocycles. The van der Waals surface area contributed by atoms with Crippen LogP contribution < -0.4 is 5.32 Å². The van der Waals surface area contributed by atoms with Crippen molar-refractivity contribution in [3.05, 3.63) is 29.8 Å². The lowest BCUT2D eigenvalue weighted by molar-refractivity contribution is 0.0446. The van der Waals surface area contributed by atoms with Crippen LogP contribution in [0.25, 0.3) is 0 Å². The third-order valence-electron chi connectivity index (χ3n) is 4.00. The average Bonchev–Trinajstić information content (AvgIpc) is 2.65. The maximum atomic E-state index is 12.7. The Hall–Kier alpha value is -2.09. The van der Waals surface area contributed by atoms with Gasteiger partial charge in [-0.2, -0.15) is 0 Å². The highest BCUT2D eigenvalue weighted by atomic mass is 32.2. The summed E-state index contributed by atoms with van der Waals surface area (Å²) in [6, 6.07) is 5.48. The summed E-state index contributed by atoms with van der Waals surface area (Å²) < 4.78 is 31.6. The van der Waals surface area contributed by atoms with E-state index in [0.29, 0.717) is 0 Å². The van der Waals surface area contributed by atoms with Gasteiger partial charge in [-0.15, -0.1) is 0 Å². The van der Waals surface area contributed by atoms with Gasteiger partial charge in [0.1, 0.15) is 10.5 Å². The van der Waals surface area contributed by atoms with Crippen molar-refractivity contribution in [3.63, 3.8) is 0 Å². The Balaban J connectivity index is 2.28. The second kappa shape index (κ2) is 6.57. The minimum atomic E-state index is -3.93. The summed E-state index contributed by atoms with van der Waals surface area (Å²) in [7, 11) is -3.93. The minimum absolute atomic E-state index is 0.00470. The molecule has 1 atom stereocenters. The van der Waals surface area contributed by atoms with Crippen molar-refractivity contribution in [1.82, 2.24) is 9.62 Å². The first-order valence-electron chi connectivity index (χ1n) is 8.39. The van der Waals surface area contributed by atoms with Crippen molar-refractivity contribution in [2.45, 2.75) is 58.1 Å². The number of ether oxygens (including phenoxy) is 1. The van der Waals surface area contributed by atoms with Crippen molar-refractivity contribution in [2.75, 3.05) is 6.54 Å². The third kappa shape index (κ3) is 4.17. The molecule has 0 saturated carbocycles. The minimum Gasteiger partial charge on any atom is -0.444 e. The van der Waals surface area contributed by atoms with Gasteiger partial charge in [-0.25, -0.2) is 17.5 Å². The Bertz CT molecular complexity index is 819. The molecule has 2 rings (SSSR count). The highest BCUT2D eigenvalue weighted by Gasteiger charge is 2.43. The molecule has 0 saturated heterocycles. The molecule has 144 valence electrons. The van der Waals surface area contributed by atoms with Gasteiger partial charge in [-0.3, -0.25) is 4.79 Å². The van der Waals surface area contributed by atoms with Crippen LogP contribution in [0.1, 0.15) is 51.9 Å². The fourth-order valence-electron chi connectivity index (χ4n) is 2.56. The fourth-order valence-corrected chi connectivity index (χ4v) is 4.15. The molecule has 0 radical (unpaired) electrons. The molecule has 7 nitrogen and oxygen atoms in total. The molecule has 0 unspecified atom stereocenters. The molecule has 26 heavy (non-hydrogen) atoms. The summed E-state index contributed by atoms with van der Waals surface area (Å²) in [5.41, 5.74) is -1.03. The summed E-state index contributed by atoms with van der Waals surface area (Å²) in [6.07, 6.45) is -0.654. The first kappa shape index (κ1) is 20.2. The number of carbonyl (C=O) groups is 2. The van der Waals surface area contributed by atoms with Crippen LogP contribution in [0.5, 0.6) is 0 Å². The van der Waals surface area contributed by atoms with Gasteiger partial charge in [0.2, 0.25) is 0 Å². The van der Waals surface area contributed by atoms with Crippen LogP contribution in [-0.2, 0) is 14.8 Å². The Morgan fingerprint density at radius 1 is 1.15 bits per heavy atom. The predicted molar refractivity (Wildman–Crippen MR) is 97.3 cm³/mol. The number of carbonyl (C=O) groups excluding carboxylic acids is 2. The number of hydrogen-bond acceptors (Lipinski definition) is 5. The maximum absolute atomic E-state index is 12.7. The fraction of sp³-hybridized carbons (Fsp3) is 0.556. The summed E-state index contributed by atoms with van der Waals surface area (Å²) in [4.78, 5) is 24.8. The third-order valence-corrected chi connectivity index (χ3v) is 5.80. The van der Waals surface area contributed by atoms with E-state index in [9.17, 15) is 18.0 Å². The van der Waals surface area contributed by atoms with E-state index in [0.717, 1.165) is 4.31 Å². The van der Waals surface area contributed by atoms with Crippen LogP contribution in [-0.4, -0.2) is 42.9 Å². The van der Waals surface area contributed by atoms with Gasteiger partial charge in [0, 0.05) is 0 Å². The Labute approximate surface area is 154 Å². The molecule has 0 spiro atoms. The van der Waals surface area contributed by atoms with E-state index in [1.54, 1.807) is 32.9 Å². The lowest BCUT2D eigenvalue weighted by Gasteiger charge is -2.34. The lowest BCUT2D eigenvalue weighted by Crippen LogP contribution is -2.52. The van der Waals surface area contributed by atoms with E-state index < -0.39 is 39.1 Å². The van der Waals surface area contributed by atoms with Crippen LogP contribution in [0.3, 0.4) is 0 Å². The second-order valence-electron chi connectivity index (χ2n) is 8.40. The largest absolute Gasteiger partial charge is 0.444 e. The van der Waals surface area contributed by atoms with E-state index >= 15 is 0 Å². The Morgan fingerprint density at radius 2 is 1.73 bits per heavy atom. The zero-order valence-electron chi connectivity index (χ0n) is 16.0. The monoisotopic (exact) mass is 382 g/mol. The molecule has 2 amide bonds. The van der Waals surface area contributed by atoms with Crippen LogP contribution in [0, 0.1) is 5.41 Å². The molecular weight excluding hydrogens is 356 g/mol. The summed E-state index contributed by atoms with van der Waals surface area (Å²) in [6.45, 7) is 10.6. The molecule has 1 aliphatic heterocycles. The standard InChI is InChI=1S/C18H26N2O5S/c1-17(2,3)14(19-16(22)25-18(4,5)6)11-20-15(21)12-9-7-8-10-13(12)26(20,23)24/h7-10,14H,11H2,1-6H3,(H,19,22)/t14-/m1/s1. The van der Waals surface area contributed by atoms with Crippen LogP contribution in [0.2, 0.25) is 0 Å². The lowest BCUT2D eigenvalue weighted by atomic mass is 9.86. The number of sulfonamides is 1. The summed E-state index contributed by atoms with van der Waals surface area (Å²) in [5, 5.41) is 2.71. The van der Waals surface area contributed by atoms with Gasteiger partial charge in [-0.05, 0) is 38.3 Å². The molecule has 1 N–H and O–H groups in total. The van der Waals surface area contributed by atoms with E-state index in [4.69, 9.17) is 4.74 Å². The molecule has 1 aromatic rings. The SMILES string of the molecule is CC(C)(C)OC(=O)N[C@H](CN1C(=O)c2ccccc2S1(=O)=O)C(C)(C)C. The Kier molecular flexibility index (Phi) is 5.11. The van der Waals surface area contributed by atoms with Crippen LogP contribution in [0.15, 0.2) is 29.2 Å². The maximum Gasteiger partial charge on any atom is 0.407 e. The highest BCUT2D eigenvalue weighted by molar-refractivity contribution is 7.90. The van der Waals surface area contributed by atoms with Crippen LogP contribution in [0.4, 0.5) is 4.79 Å². The number of amides is 2. The van der Waals surface area contributed by atoms with E-state index in [1.165, 1.54) is 12.1 Å². The molecule has 0 fully saturated rings. The average molecular weight is 382 g/mol. The zero-order valence-corrected chi connectivity index (χ0v) is 16.8. The topological polar surface area (TPSA) is 92.8 Å². The van der Waals surface area contributed by atoms with Crippen molar-refractivity contribution in [2.24, 2.45) is 5.41 Å². The zero-order chi connectivity index (χ0) is 19.9. The van der Waals surface area contributed by atoms with Crippen LogP contribution >= 0.6 is 0 Å². The summed E-state index contributed by atoms with van der Waals surface area (Å²) >= 11 is 0. The number of fused-ring (bicyclic) bond motifs is 1. The van der Waals surface area contributed by atoms with Crippen molar-refractivity contribution in [1.29, 1.82) is 0 Å². The first-order chi connectivity index (χ1) is 11.7. The van der Waals surface area contributed by atoms with Gasteiger partial charge in [0.15, 0.2) is 0 Å². The van der Waals surface area contributed by atoms with Gasteiger partial charge >= 0.3 is 6.09 Å². The van der Waals surface area contributed by atoms with E-state index in [-0.39, 0.29) is 17.0 Å². The number of benzene rings is 1. The molecule has 0 aromatic heterocycles. The van der Waals surface area contributed by atoms with E-state index in [2.05, 4.69) is 5.32 Å². The molecule has 0 aliphatic carbocycles. The molecule has 1 heterocycles. The van der Waals surface area contributed by atoms with E-state index in [1.807, 2.05) is 20.8 Å². The smallest absolute Gasteiger partial charge is 0.407 e. The van der Waals surface area contributed by atoms with Gasteiger partial charge < -0.3 is 10.1 Å². The Morgan fingerprint density at radius 3 is 2.23 bits per heavy atom.